The second-order valence-corrected chi connectivity index (χ2v) is 6.25. The van der Waals surface area contributed by atoms with Crippen LogP contribution in [-0.4, -0.2) is 17.9 Å². The highest BCUT2D eigenvalue weighted by Gasteiger charge is 2.45. The Hall–Kier alpha value is -1.42. The zero-order chi connectivity index (χ0) is 14.9. The molecular weight excluding hydrogens is 268 g/mol. The van der Waals surface area contributed by atoms with Crippen LogP contribution < -0.4 is 10.6 Å². The first-order valence-electron chi connectivity index (χ1n) is 7.04. The molecule has 108 valence electrons. The van der Waals surface area contributed by atoms with E-state index in [0.29, 0.717) is 4.99 Å². The Bertz CT molecular complexity index is 547. The molecule has 3 nitrogen and oxygen atoms in total. The number of thiocarbonyl (C=S) groups is 1. The summed E-state index contributed by atoms with van der Waals surface area (Å²) in [5.41, 5.74) is 8.48. The number of amides is 1. The largest absolute Gasteiger partial charge is 0.392 e. The highest BCUT2D eigenvalue weighted by molar-refractivity contribution is 7.80. The molecule has 1 aromatic carbocycles. The number of hydrogen-bond donors (Lipinski definition) is 1. The van der Waals surface area contributed by atoms with Gasteiger partial charge in [-0.15, -0.1) is 0 Å². The summed E-state index contributed by atoms with van der Waals surface area (Å²) in [7, 11) is 1.82. The van der Waals surface area contributed by atoms with Gasteiger partial charge in [-0.05, 0) is 38.3 Å². The maximum Gasteiger partial charge on any atom is 0.239 e. The minimum absolute atomic E-state index is 0.0365. The van der Waals surface area contributed by atoms with Crippen LogP contribution >= 0.6 is 12.2 Å². The summed E-state index contributed by atoms with van der Waals surface area (Å²) in [5, 5.41) is 0. The van der Waals surface area contributed by atoms with Crippen LogP contribution in [0.4, 0.5) is 5.69 Å². The normalized spacial score (nSPS) is 16.9. The molecular formula is C16H22N2OS. The third-order valence-corrected chi connectivity index (χ3v) is 4.75. The van der Waals surface area contributed by atoms with E-state index in [1.54, 1.807) is 4.90 Å². The lowest BCUT2D eigenvalue weighted by atomic mass is 9.84. The summed E-state index contributed by atoms with van der Waals surface area (Å²) in [6.45, 7) is 4.07. The molecule has 2 N–H and O–H groups in total. The lowest BCUT2D eigenvalue weighted by Gasteiger charge is -2.32. The SMILES string of the molecule is Cc1ccc(N(C)C(=O)C2(C(N)=S)CCCC2)c(C)c1. The van der Waals surface area contributed by atoms with Crippen LogP contribution in [0.15, 0.2) is 18.2 Å². The lowest BCUT2D eigenvalue weighted by Crippen LogP contribution is -2.48. The molecule has 0 unspecified atom stereocenters. The van der Waals surface area contributed by atoms with Gasteiger partial charge in [0.25, 0.3) is 0 Å². The fourth-order valence-electron chi connectivity index (χ4n) is 3.16. The van der Waals surface area contributed by atoms with Gasteiger partial charge in [-0.25, -0.2) is 0 Å². The van der Waals surface area contributed by atoms with Gasteiger partial charge in [0.2, 0.25) is 5.91 Å². The third-order valence-electron chi connectivity index (χ3n) is 4.36. The van der Waals surface area contributed by atoms with Crippen molar-refractivity contribution in [1.29, 1.82) is 0 Å². The van der Waals surface area contributed by atoms with E-state index in [4.69, 9.17) is 18.0 Å². The molecule has 0 aromatic heterocycles. The summed E-state index contributed by atoms with van der Waals surface area (Å²) >= 11 is 5.20. The van der Waals surface area contributed by atoms with Crippen LogP contribution in [0.5, 0.6) is 0 Å². The fraction of sp³-hybridized carbons (Fsp3) is 0.500. The Labute approximate surface area is 126 Å². The van der Waals surface area contributed by atoms with Gasteiger partial charge in [0.15, 0.2) is 0 Å². The standard InChI is InChI=1S/C16H22N2OS/c1-11-6-7-13(12(2)10-11)18(3)15(19)16(14(17)20)8-4-5-9-16/h6-7,10H,4-5,8-9H2,1-3H3,(H2,17,20). The van der Waals surface area contributed by atoms with E-state index in [-0.39, 0.29) is 5.91 Å². The van der Waals surface area contributed by atoms with Crippen molar-refractivity contribution in [3.63, 3.8) is 0 Å². The molecule has 2 rings (SSSR count). The van der Waals surface area contributed by atoms with E-state index in [0.717, 1.165) is 36.9 Å². The Kier molecular flexibility index (Phi) is 4.14. The van der Waals surface area contributed by atoms with Gasteiger partial charge < -0.3 is 10.6 Å². The number of nitrogens with zero attached hydrogens (tertiary/aromatic N) is 1. The van der Waals surface area contributed by atoms with E-state index in [2.05, 4.69) is 6.07 Å². The summed E-state index contributed by atoms with van der Waals surface area (Å²) in [6, 6.07) is 6.10. The molecule has 1 aromatic rings. The maximum absolute atomic E-state index is 12.9. The van der Waals surface area contributed by atoms with Crippen LogP contribution in [0, 0.1) is 19.3 Å². The van der Waals surface area contributed by atoms with Gasteiger partial charge in [0, 0.05) is 12.7 Å². The molecule has 1 saturated carbocycles. The zero-order valence-corrected chi connectivity index (χ0v) is 13.2. The van der Waals surface area contributed by atoms with Crippen LogP contribution in [0.3, 0.4) is 0 Å². The topological polar surface area (TPSA) is 46.3 Å². The highest BCUT2D eigenvalue weighted by Crippen LogP contribution is 2.41. The number of benzene rings is 1. The van der Waals surface area contributed by atoms with Crippen molar-refractivity contribution in [3.05, 3.63) is 29.3 Å². The highest BCUT2D eigenvalue weighted by atomic mass is 32.1. The molecule has 4 heteroatoms. The molecule has 0 heterocycles. The summed E-state index contributed by atoms with van der Waals surface area (Å²) < 4.78 is 0. The van der Waals surface area contributed by atoms with Crippen LogP contribution in [-0.2, 0) is 4.79 Å². The number of hydrogen-bond acceptors (Lipinski definition) is 2. The zero-order valence-electron chi connectivity index (χ0n) is 12.4. The van der Waals surface area contributed by atoms with Crippen molar-refractivity contribution in [2.45, 2.75) is 39.5 Å². The Morgan fingerprint density at radius 3 is 2.40 bits per heavy atom. The van der Waals surface area contributed by atoms with Gasteiger partial charge in [0.05, 0.1) is 10.4 Å². The maximum atomic E-state index is 12.9. The van der Waals surface area contributed by atoms with Crippen molar-refractivity contribution in [3.8, 4) is 0 Å². The second kappa shape index (κ2) is 5.52. The van der Waals surface area contributed by atoms with Crippen molar-refractivity contribution in [1.82, 2.24) is 0 Å². The van der Waals surface area contributed by atoms with E-state index >= 15 is 0 Å². The monoisotopic (exact) mass is 290 g/mol. The number of carbonyl (C=O) groups is 1. The van der Waals surface area contributed by atoms with Crippen molar-refractivity contribution in [2.75, 3.05) is 11.9 Å². The van der Waals surface area contributed by atoms with E-state index in [1.165, 1.54) is 5.56 Å². The van der Waals surface area contributed by atoms with Gasteiger partial charge in [-0.2, -0.15) is 0 Å². The second-order valence-electron chi connectivity index (χ2n) is 5.81. The minimum Gasteiger partial charge on any atom is -0.392 e. The third kappa shape index (κ3) is 2.44. The molecule has 0 saturated heterocycles. The van der Waals surface area contributed by atoms with E-state index < -0.39 is 5.41 Å². The quantitative estimate of drug-likeness (QED) is 0.870. The van der Waals surface area contributed by atoms with E-state index in [9.17, 15) is 4.79 Å². The average Bonchev–Trinajstić information content (AvgIpc) is 2.87. The van der Waals surface area contributed by atoms with Gasteiger partial charge in [-0.3, -0.25) is 4.79 Å². The molecule has 0 spiro atoms. The smallest absolute Gasteiger partial charge is 0.239 e. The van der Waals surface area contributed by atoms with Crippen LogP contribution in [0.1, 0.15) is 36.8 Å². The minimum atomic E-state index is -0.637. The van der Waals surface area contributed by atoms with Crippen molar-refractivity contribution >= 4 is 28.8 Å². The number of carbonyl (C=O) groups excluding carboxylic acids is 1. The lowest BCUT2D eigenvalue weighted by molar-refractivity contribution is -0.124. The molecule has 1 aliphatic rings. The number of rotatable bonds is 3. The number of anilines is 1. The van der Waals surface area contributed by atoms with E-state index in [1.807, 2.05) is 33.0 Å². The molecule has 0 bridgehead atoms. The van der Waals surface area contributed by atoms with Crippen LogP contribution in [0.25, 0.3) is 0 Å². The molecule has 1 aliphatic carbocycles. The average molecular weight is 290 g/mol. The Balaban J connectivity index is 2.34. The van der Waals surface area contributed by atoms with Gasteiger partial charge in [-0.1, -0.05) is 42.8 Å². The molecule has 1 fully saturated rings. The summed E-state index contributed by atoms with van der Waals surface area (Å²) in [6.07, 6.45) is 3.58. The molecule has 0 aliphatic heterocycles. The molecule has 0 atom stereocenters. The molecule has 0 radical (unpaired) electrons. The predicted molar refractivity (Wildman–Crippen MR) is 87.0 cm³/mol. The predicted octanol–water partition coefficient (Wildman–Crippen LogP) is 3.11. The fourth-order valence-corrected chi connectivity index (χ4v) is 3.45. The summed E-state index contributed by atoms with van der Waals surface area (Å²) in [4.78, 5) is 15.0. The first kappa shape index (κ1) is 15.0. The van der Waals surface area contributed by atoms with Gasteiger partial charge >= 0.3 is 0 Å². The van der Waals surface area contributed by atoms with Crippen molar-refractivity contribution in [2.24, 2.45) is 11.1 Å². The Morgan fingerprint density at radius 2 is 1.90 bits per heavy atom. The molecule has 20 heavy (non-hydrogen) atoms. The number of nitrogens with two attached hydrogens (primary N) is 1. The van der Waals surface area contributed by atoms with Crippen molar-refractivity contribution < 1.29 is 4.79 Å². The summed E-state index contributed by atoms with van der Waals surface area (Å²) in [5.74, 6) is 0.0365. The Morgan fingerprint density at radius 1 is 1.30 bits per heavy atom. The first-order chi connectivity index (χ1) is 9.38. The number of aryl methyl sites for hydroxylation is 2. The molecule has 1 amide bonds. The first-order valence-corrected chi connectivity index (χ1v) is 7.44. The van der Waals surface area contributed by atoms with Crippen LogP contribution in [0.2, 0.25) is 0 Å². The van der Waals surface area contributed by atoms with Gasteiger partial charge in [0.1, 0.15) is 0 Å².